The molecule has 4 N–H and O–H groups in total. The fraction of sp³-hybridized carbons (Fsp3) is 0.440. The van der Waals surface area contributed by atoms with E-state index in [-0.39, 0.29) is 28.7 Å². The molecule has 0 spiro atoms. The van der Waals surface area contributed by atoms with Crippen molar-refractivity contribution in [3.05, 3.63) is 78.1 Å². The fourth-order valence-electron chi connectivity index (χ4n) is 4.42. The topological polar surface area (TPSA) is 84.2 Å². The van der Waals surface area contributed by atoms with Crippen LogP contribution in [0.4, 0.5) is 4.39 Å². The van der Waals surface area contributed by atoms with Gasteiger partial charge in [-0.2, -0.15) is 0 Å². The van der Waals surface area contributed by atoms with E-state index in [1.165, 1.54) is 11.6 Å². The molecule has 0 heterocycles. The second-order valence-corrected chi connectivity index (χ2v) is 10.3. The highest BCUT2D eigenvalue weighted by Gasteiger charge is 2.28. The van der Waals surface area contributed by atoms with Crippen LogP contribution in [0, 0.1) is 5.82 Å². The molecule has 2 aromatic rings. The van der Waals surface area contributed by atoms with Gasteiger partial charge in [-0.3, -0.25) is 0 Å². The summed E-state index contributed by atoms with van der Waals surface area (Å²) in [5.74, 6) is 0.0945. The number of allylic oxidation sites excluding steroid dienone is 1. The number of nitrogens with one attached hydrogen (secondary N) is 2. The number of rotatable bonds is 12. The van der Waals surface area contributed by atoms with Gasteiger partial charge in [0.25, 0.3) is 0 Å². The quantitative estimate of drug-likeness (QED) is 0.332. The van der Waals surface area contributed by atoms with Crippen LogP contribution in [0.15, 0.2) is 66.1 Å². The van der Waals surface area contributed by atoms with E-state index in [0.29, 0.717) is 13.1 Å². The molecule has 174 valence electrons. The van der Waals surface area contributed by atoms with Crippen LogP contribution in [0.2, 0.25) is 0 Å². The molecule has 3 rings (SSSR count). The molecule has 0 fully saturated rings. The number of nitrogens with two attached hydrogens (primary N) is 1. The third-order valence-corrected chi connectivity index (χ3v) is 7.60. The van der Waals surface area contributed by atoms with Crippen LogP contribution in [0.1, 0.15) is 49.1 Å². The number of fused-ring (bicyclic) bond motifs is 1. The van der Waals surface area contributed by atoms with Gasteiger partial charge in [0.15, 0.2) is 0 Å². The number of hydrogen-bond acceptors (Lipinski definition) is 4. The van der Waals surface area contributed by atoms with Gasteiger partial charge in [0.1, 0.15) is 5.82 Å². The summed E-state index contributed by atoms with van der Waals surface area (Å²) in [6, 6.07) is 13.8. The van der Waals surface area contributed by atoms with Crippen LogP contribution in [0.25, 0.3) is 0 Å². The number of hydrogen-bond donors (Lipinski definition) is 3. The molecule has 32 heavy (non-hydrogen) atoms. The Balaban J connectivity index is 1.40. The lowest BCUT2D eigenvalue weighted by Crippen LogP contribution is -2.44. The van der Waals surface area contributed by atoms with Crippen LogP contribution >= 0.6 is 0 Å². The van der Waals surface area contributed by atoms with E-state index in [2.05, 4.69) is 16.6 Å². The monoisotopic (exact) mass is 459 g/mol. The number of benzene rings is 2. The molecule has 0 saturated carbocycles. The third-order valence-electron chi connectivity index (χ3n) is 6.12. The molecule has 0 amide bonds. The molecule has 1 aliphatic carbocycles. The minimum atomic E-state index is -3.45. The van der Waals surface area contributed by atoms with Gasteiger partial charge in [-0.15, -0.1) is 6.58 Å². The Labute approximate surface area is 191 Å². The van der Waals surface area contributed by atoms with Crippen LogP contribution in [-0.4, -0.2) is 33.6 Å². The van der Waals surface area contributed by atoms with Gasteiger partial charge in [-0.25, -0.2) is 17.5 Å². The van der Waals surface area contributed by atoms with E-state index in [4.69, 9.17) is 5.73 Å². The highest BCUT2D eigenvalue weighted by atomic mass is 32.2. The van der Waals surface area contributed by atoms with Gasteiger partial charge >= 0.3 is 0 Å². The molecule has 0 radical (unpaired) electrons. The Morgan fingerprint density at radius 1 is 1.19 bits per heavy atom. The summed E-state index contributed by atoms with van der Waals surface area (Å²) in [6.45, 7) is 4.99. The largest absolute Gasteiger partial charge is 0.327 e. The SMILES string of the molecule is C=CC[C@H]1c2ccc(F)cc2CC[C@H]1NC[C@@H](N)CCCCNS(=O)(=O)c1ccccc1. The zero-order valence-corrected chi connectivity index (χ0v) is 19.3. The number of sulfonamides is 1. The first kappa shape index (κ1) is 24.6. The van der Waals surface area contributed by atoms with Crippen molar-refractivity contribution in [1.82, 2.24) is 10.0 Å². The molecule has 7 heteroatoms. The van der Waals surface area contributed by atoms with Gasteiger partial charge in [0, 0.05) is 31.1 Å². The van der Waals surface area contributed by atoms with Crippen LogP contribution in [0.5, 0.6) is 0 Å². The molecule has 0 unspecified atom stereocenters. The first-order valence-corrected chi connectivity index (χ1v) is 12.8. The minimum Gasteiger partial charge on any atom is -0.327 e. The van der Waals surface area contributed by atoms with Crippen molar-refractivity contribution in [1.29, 1.82) is 0 Å². The van der Waals surface area contributed by atoms with Crippen molar-refractivity contribution < 1.29 is 12.8 Å². The van der Waals surface area contributed by atoms with Gasteiger partial charge in [0.05, 0.1) is 4.90 Å². The minimum absolute atomic E-state index is 0.000253. The maximum Gasteiger partial charge on any atom is 0.240 e. The smallest absolute Gasteiger partial charge is 0.240 e. The second-order valence-electron chi connectivity index (χ2n) is 8.49. The van der Waals surface area contributed by atoms with E-state index in [1.807, 2.05) is 12.1 Å². The molecular formula is C25H34FN3O2S. The van der Waals surface area contributed by atoms with E-state index in [1.54, 1.807) is 36.4 Å². The summed E-state index contributed by atoms with van der Waals surface area (Å²) < 4.78 is 40.7. The Hall–Kier alpha value is -2.06. The van der Waals surface area contributed by atoms with Crippen molar-refractivity contribution >= 4 is 10.0 Å². The van der Waals surface area contributed by atoms with Crippen LogP contribution < -0.4 is 15.8 Å². The summed E-state index contributed by atoms with van der Waals surface area (Å²) in [4.78, 5) is 0.284. The molecule has 0 bridgehead atoms. The Kier molecular flexibility index (Phi) is 8.99. The first-order chi connectivity index (χ1) is 15.4. The zero-order valence-electron chi connectivity index (χ0n) is 18.5. The van der Waals surface area contributed by atoms with E-state index in [9.17, 15) is 12.8 Å². The van der Waals surface area contributed by atoms with Crippen molar-refractivity contribution in [2.75, 3.05) is 13.1 Å². The fourth-order valence-corrected chi connectivity index (χ4v) is 5.52. The molecule has 1 aliphatic rings. The molecule has 0 aliphatic heterocycles. The van der Waals surface area contributed by atoms with Crippen LogP contribution in [0.3, 0.4) is 0 Å². The van der Waals surface area contributed by atoms with Crippen molar-refractivity contribution in [3.63, 3.8) is 0 Å². The second kappa shape index (κ2) is 11.7. The zero-order chi connectivity index (χ0) is 23.0. The van der Waals surface area contributed by atoms with E-state index >= 15 is 0 Å². The summed E-state index contributed by atoms with van der Waals surface area (Å²) >= 11 is 0. The Bertz CT molecular complexity index is 982. The van der Waals surface area contributed by atoms with Crippen molar-refractivity contribution in [3.8, 4) is 0 Å². The lowest BCUT2D eigenvalue weighted by molar-refractivity contribution is 0.369. The summed E-state index contributed by atoms with van der Waals surface area (Å²) in [5, 5.41) is 3.62. The molecular weight excluding hydrogens is 425 g/mol. The van der Waals surface area contributed by atoms with Gasteiger partial charge in [-0.1, -0.05) is 36.8 Å². The lowest BCUT2D eigenvalue weighted by atomic mass is 9.77. The van der Waals surface area contributed by atoms with E-state index in [0.717, 1.165) is 44.1 Å². The normalized spacial score (nSPS) is 19.3. The highest BCUT2D eigenvalue weighted by Crippen LogP contribution is 2.35. The predicted molar refractivity (Wildman–Crippen MR) is 128 cm³/mol. The number of aryl methyl sites for hydroxylation is 1. The van der Waals surface area contributed by atoms with Gasteiger partial charge in [-0.05, 0) is 67.5 Å². The molecule has 0 saturated heterocycles. The Morgan fingerprint density at radius 2 is 1.97 bits per heavy atom. The Morgan fingerprint density at radius 3 is 2.72 bits per heavy atom. The average Bonchev–Trinajstić information content (AvgIpc) is 2.78. The molecule has 2 aromatic carbocycles. The number of halogens is 1. The van der Waals surface area contributed by atoms with E-state index < -0.39 is 10.0 Å². The maximum absolute atomic E-state index is 13.6. The lowest BCUT2D eigenvalue weighted by Gasteiger charge is -2.34. The summed E-state index contributed by atoms with van der Waals surface area (Å²) in [6.07, 6.45) is 6.98. The maximum atomic E-state index is 13.6. The number of unbranched alkanes of at least 4 members (excludes halogenated alkanes) is 1. The summed E-state index contributed by atoms with van der Waals surface area (Å²) in [7, 11) is -3.45. The van der Waals surface area contributed by atoms with Crippen molar-refractivity contribution in [2.45, 2.75) is 61.4 Å². The molecule has 0 aromatic heterocycles. The predicted octanol–water partition coefficient (Wildman–Crippen LogP) is 3.87. The average molecular weight is 460 g/mol. The summed E-state index contributed by atoms with van der Waals surface area (Å²) in [5.41, 5.74) is 8.61. The first-order valence-electron chi connectivity index (χ1n) is 11.3. The molecule has 3 atom stereocenters. The van der Waals surface area contributed by atoms with Crippen LogP contribution in [-0.2, 0) is 16.4 Å². The standard InChI is InChI=1S/C25H34FN3O2S/c1-2-8-24-23-14-13-20(26)17-19(23)12-15-25(24)28-18-21(27)9-6-7-16-29-32(30,31)22-10-4-3-5-11-22/h2-5,10-11,13-14,17,21,24-25,28-29H,1,6-9,12,15-16,18,27H2/t21-,24-,25+/m0/s1. The van der Waals surface area contributed by atoms with Gasteiger partial charge < -0.3 is 11.1 Å². The highest BCUT2D eigenvalue weighted by molar-refractivity contribution is 7.89. The molecule has 5 nitrogen and oxygen atoms in total. The van der Waals surface area contributed by atoms with Crippen molar-refractivity contribution in [2.24, 2.45) is 5.73 Å². The third kappa shape index (κ3) is 6.72. The van der Waals surface area contributed by atoms with Gasteiger partial charge in [0.2, 0.25) is 10.0 Å².